The van der Waals surface area contributed by atoms with Gasteiger partial charge >= 0.3 is 0 Å². The molecule has 0 N–H and O–H groups in total. The number of hydrogen-bond acceptors (Lipinski definition) is 5. The average Bonchev–Trinajstić information content (AvgIpc) is 3.03. The number of fused-ring (bicyclic) bond motifs is 3. The zero-order valence-electron chi connectivity index (χ0n) is 13.4. The number of aromatic nitrogens is 2. The summed E-state index contributed by atoms with van der Waals surface area (Å²) >= 11 is 0. The van der Waals surface area contributed by atoms with E-state index in [1.807, 2.05) is 36.4 Å². The molecule has 0 spiro atoms. The number of benzene rings is 2. The lowest BCUT2D eigenvalue weighted by Crippen LogP contribution is -1.95. The van der Waals surface area contributed by atoms with Crippen LogP contribution in [0.2, 0.25) is 0 Å². The van der Waals surface area contributed by atoms with E-state index < -0.39 is 0 Å². The lowest BCUT2D eigenvalue weighted by atomic mass is 10.0. The standard InChI is InChI=1S/C21H9N5/c22-9-13-5-7-14(8-6-13)18-12-25-20-17-4-2-1-3-16(17)19(21(20)26-18)15(10-23)11-24/h1-8,12H. The maximum Gasteiger partial charge on any atom is 0.139 e. The monoisotopic (exact) mass is 331 g/mol. The zero-order valence-corrected chi connectivity index (χ0v) is 13.4. The summed E-state index contributed by atoms with van der Waals surface area (Å²) in [5, 5.41) is 27.7. The van der Waals surface area contributed by atoms with Gasteiger partial charge in [0, 0.05) is 16.7 Å². The third-order valence-electron chi connectivity index (χ3n) is 4.24. The molecule has 1 aromatic heterocycles. The molecule has 4 rings (SSSR count). The molecule has 118 valence electrons. The van der Waals surface area contributed by atoms with Gasteiger partial charge in [-0.1, -0.05) is 36.4 Å². The third-order valence-corrected chi connectivity index (χ3v) is 4.24. The molecule has 2 aromatic carbocycles. The topological polar surface area (TPSA) is 97.1 Å². The van der Waals surface area contributed by atoms with Gasteiger partial charge in [0.1, 0.15) is 17.7 Å². The van der Waals surface area contributed by atoms with Crippen molar-refractivity contribution in [1.29, 1.82) is 15.8 Å². The van der Waals surface area contributed by atoms with Crippen LogP contribution < -0.4 is 0 Å². The van der Waals surface area contributed by atoms with Crippen molar-refractivity contribution in [1.82, 2.24) is 9.97 Å². The van der Waals surface area contributed by atoms with Crippen LogP contribution in [0.3, 0.4) is 0 Å². The molecule has 1 aliphatic carbocycles. The second-order valence-electron chi connectivity index (χ2n) is 5.66. The van der Waals surface area contributed by atoms with Crippen molar-refractivity contribution in [2.75, 3.05) is 0 Å². The van der Waals surface area contributed by atoms with E-state index >= 15 is 0 Å². The quantitative estimate of drug-likeness (QED) is 0.493. The molecule has 1 aliphatic rings. The summed E-state index contributed by atoms with van der Waals surface area (Å²) in [6, 6.07) is 20.6. The minimum Gasteiger partial charge on any atom is -0.252 e. The van der Waals surface area contributed by atoms with Crippen molar-refractivity contribution in [2.45, 2.75) is 0 Å². The van der Waals surface area contributed by atoms with Crippen LogP contribution in [0.25, 0.3) is 28.1 Å². The third kappa shape index (κ3) is 2.23. The number of allylic oxidation sites excluding steroid dienone is 1. The Morgan fingerprint density at radius 2 is 1.50 bits per heavy atom. The van der Waals surface area contributed by atoms with Crippen molar-refractivity contribution in [3.8, 4) is 40.7 Å². The maximum absolute atomic E-state index is 9.37. The molecule has 0 unspecified atom stereocenters. The predicted octanol–water partition coefficient (Wildman–Crippen LogP) is 3.84. The van der Waals surface area contributed by atoms with Gasteiger partial charge in [0.25, 0.3) is 0 Å². The first-order valence-electron chi connectivity index (χ1n) is 7.79. The fourth-order valence-electron chi connectivity index (χ4n) is 3.04. The summed E-state index contributed by atoms with van der Waals surface area (Å²) in [4.78, 5) is 9.23. The summed E-state index contributed by atoms with van der Waals surface area (Å²) in [6.45, 7) is 0. The first-order valence-corrected chi connectivity index (χ1v) is 7.79. The fourth-order valence-corrected chi connectivity index (χ4v) is 3.04. The minimum atomic E-state index is 0.0162. The van der Waals surface area contributed by atoms with E-state index in [2.05, 4.69) is 16.0 Å². The highest BCUT2D eigenvalue weighted by molar-refractivity contribution is 6.01. The Morgan fingerprint density at radius 3 is 2.15 bits per heavy atom. The summed E-state index contributed by atoms with van der Waals surface area (Å²) in [6.07, 6.45) is 1.67. The Hall–Kier alpha value is -4.27. The summed E-state index contributed by atoms with van der Waals surface area (Å²) < 4.78 is 0. The highest BCUT2D eigenvalue weighted by atomic mass is 14.8. The van der Waals surface area contributed by atoms with Gasteiger partial charge in [0.15, 0.2) is 0 Å². The van der Waals surface area contributed by atoms with Gasteiger partial charge in [0.2, 0.25) is 0 Å². The molecule has 0 saturated carbocycles. The van der Waals surface area contributed by atoms with E-state index in [0.717, 1.165) is 16.7 Å². The molecule has 5 nitrogen and oxygen atoms in total. The van der Waals surface area contributed by atoms with Crippen molar-refractivity contribution >= 4 is 5.57 Å². The first kappa shape index (κ1) is 15.3. The van der Waals surface area contributed by atoms with E-state index in [1.54, 1.807) is 30.5 Å². The molecule has 0 radical (unpaired) electrons. The van der Waals surface area contributed by atoms with Crippen molar-refractivity contribution in [2.24, 2.45) is 0 Å². The molecule has 3 aromatic rings. The molecule has 0 atom stereocenters. The molecule has 0 saturated heterocycles. The molecule has 5 heteroatoms. The van der Waals surface area contributed by atoms with E-state index in [9.17, 15) is 10.5 Å². The Balaban J connectivity index is 1.96. The molecular weight excluding hydrogens is 322 g/mol. The molecule has 0 fully saturated rings. The average molecular weight is 331 g/mol. The van der Waals surface area contributed by atoms with Gasteiger partial charge in [-0.3, -0.25) is 4.98 Å². The second kappa shape index (κ2) is 5.98. The number of rotatable bonds is 1. The van der Waals surface area contributed by atoms with Gasteiger partial charge < -0.3 is 0 Å². The summed E-state index contributed by atoms with van der Waals surface area (Å²) in [5.74, 6) is 0. The lowest BCUT2D eigenvalue weighted by molar-refractivity contribution is 1.19. The van der Waals surface area contributed by atoms with Gasteiger partial charge in [-0.2, -0.15) is 15.8 Å². The van der Waals surface area contributed by atoms with Crippen LogP contribution in [0, 0.1) is 34.0 Å². The highest BCUT2D eigenvalue weighted by Crippen LogP contribution is 2.43. The Labute approximate surface area is 149 Å². The normalized spacial score (nSPS) is 10.9. The van der Waals surface area contributed by atoms with Crippen LogP contribution >= 0.6 is 0 Å². The molecular formula is C21H9N5. The van der Waals surface area contributed by atoms with Crippen molar-refractivity contribution in [3.05, 3.63) is 77.1 Å². The van der Waals surface area contributed by atoms with Gasteiger partial charge in [-0.05, 0) is 17.7 Å². The molecule has 1 heterocycles. The SMILES string of the molecule is N#CC(C#N)=C1c2ccccc2-c2ncc(-c3ccc(C#N)cc3)nc21. The largest absolute Gasteiger partial charge is 0.252 e. The van der Waals surface area contributed by atoms with E-state index in [-0.39, 0.29) is 5.57 Å². The van der Waals surface area contributed by atoms with Crippen LogP contribution in [0.15, 0.2) is 60.3 Å². The van der Waals surface area contributed by atoms with E-state index in [4.69, 9.17) is 5.26 Å². The van der Waals surface area contributed by atoms with E-state index in [1.165, 1.54) is 0 Å². The maximum atomic E-state index is 9.37. The van der Waals surface area contributed by atoms with Gasteiger partial charge in [-0.25, -0.2) is 4.98 Å². The van der Waals surface area contributed by atoms with Crippen LogP contribution in [0.5, 0.6) is 0 Å². The Morgan fingerprint density at radius 1 is 0.808 bits per heavy atom. The first-order chi connectivity index (χ1) is 12.8. The zero-order chi connectivity index (χ0) is 18.1. The van der Waals surface area contributed by atoms with Crippen molar-refractivity contribution < 1.29 is 0 Å². The predicted molar refractivity (Wildman–Crippen MR) is 94.9 cm³/mol. The summed E-state index contributed by atoms with van der Waals surface area (Å²) in [5.41, 5.74) is 5.37. The second-order valence-corrected chi connectivity index (χ2v) is 5.66. The van der Waals surface area contributed by atoms with E-state index in [0.29, 0.717) is 28.2 Å². The van der Waals surface area contributed by atoms with Crippen LogP contribution in [-0.4, -0.2) is 9.97 Å². The molecule has 0 bridgehead atoms. The Bertz CT molecular complexity index is 1180. The lowest BCUT2D eigenvalue weighted by Gasteiger charge is -2.05. The van der Waals surface area contributed by atoms with Crippen LogP contribution in [-0.2, 0) is 0 Å². The molecule has 0 amide bonds. The van der Waals surface area contributed by atoms with Gasteiger partial charge in [0.05, 0.1) is 34.9 Å². The number of nitrogens with zero attached hydrogens (tertiary/aromatic N) is 5. The minimum absolute atomic E-state index is 0.0162. The fraction of sp³-hybridized carbons (Fsp3) is 0. The number of hydrogen-bond donors (Lipinski definition) is 0. The Kier molecular flexibility index (Phi) is 3.51. The number of nitriles is 3. The van der Waals surface area contributed by atoms with Crippen LogP contribution in [0.4, 0.5) is 0 Å². The smallest absolute Gasteiger partial charge is 0.139 e. The molecule has 0 aliphatic heterocycles. The summed E-state index contributed by atoms with van der Waals surface area (Å²) in [7, 11) is 0. The molecule has 26 heavy (non-hydrogen) atoms. The van der Waals surface area contributed by atoms with Crippen LogP contribution in [0.1, 0.15) is 16.8 Å². The highest BCUT2D eigenvalue weighted by Gasteiger charge is 2.29. The van der Waals surface area contributed by atoms with Crippen molar-refractivity contribution in [3.63, 3.8) is 0 Å². The van der Waals surface area contributed by atoms with Gasteiger partial charge in [-0.15, -0.1) is 0 Å².